The summed E-state index contributed by atoms with van der Waals surface area (Å²) in [6, 6.07) is 12.5. The molecule has 0 unspecified atom stereocenters. The maximum Gasteiger partial charge on any atom is 0.416 e. The highest BCUT2D eigenvalue weighted by Crippen LogP contribution is 2.32. The number of halogens is 3. The molecule has 2 rings (SSSR count). The first kappa shape index (κ1) is 31.1. The number of benzene rings is 2. The van der Waals surface area contributed by atoms with Crippen molar-refractivity contribution in [2.24, 2.45) is 0 Å². The molecule has 0 saturated carbocycles. The Hall–Kier alpha value is -3.08. The molecule has 11 heteroatoms. The molecular weight excluding hydrogens is 519 g/mol. The molecule has 0 aromatic heterocycles. The van der Waals surface area contributed by atoms with Crippen molar-refractivity contribution in [3.63, 3.8) is 0 Å². The lowest BCUT2D eigenvalue weighted by molar-refractivity contribution is -0.142. The highest BCUT2D eigenvalue weighted by atomic mass is 32.2. The summed E-state index contributed by atoms with van der Waals surface area (Å²) in [4.78, 5) is 27.9. The summed E-state index contributed by atoms with van der Waals surface area (Å²) in [6.07, 6.45) is -3.42. The van der Waals surface area contributed by atoms with E-state index in [-0.39, 0.29) is 43.4 Å². The van der Waals surface area contributed by atoms with E-state index >= 15 is 0 Å². The molecule has 0 aliphatic rings. The van der Waals surface area contributed by atoms with Gasteiger partial charge in [-0.05, 0) is 57.4 Å². The smallest absolute Gasteiger partial charge is 0.350 e. The fraction of sp³-hybridized carbons (Fsp3) is 0.481. The first-order valence-corrected chi connectivity index (χ1v) is 14.2. The standard InChI is InChI=1S/C27H36F3N3O4S/c1-6-23(25(35)31-26(2,3)4)32(19-20-12-8-7-9-13-20)24(34)16-11-17-33(38(5,36)37)22-15-10-14-21(18-22)27(28,29)30/h7-10,12-15,18,23H,6,11,16-17,19H2,1-5H3,(H,31,35)/t23-/m0/s1. The van der Waals surface area contributed by atoms with E-state index in [0.717, 1.165) is 34.3 Å². The minimum absolute atomic E-state index is 0.0464. The number of nitrogens with zero attached hydrogens (tertiary/aromatic N) is 2. The molecule has 1 N–H and O–H groups in total. The van der Waals surface area contributed by atoms with Gasteiger partial charge in [0.05, 0.1) is 17.5 Å². The van der Waals surface area contributed by atoms with E-state index in [2.05, 4.69) is 5.32 Å². The van der Waals surface area contributed by atoms with Gasteiger partial charge in [-0.1, -0.05) is 43.3 Å². The van der Waals surface area contributed by atoms with Gasteiger partial charge in [0.2, 0.25) is 21.8 Å². The molecule has 0 aliphatic heterocycles. The van der Waals surface area contributed by atoms with Crippen molar-refractivity contribution in [2.45, 2.75) is 71.3 Å². The Labute approximate surface area is 223 Å². The molecule has 7 nitrogen and oxygen atoms in total. The highest BCUT2D eigenvalue weighted by molar-refractivity contribution is 7.92. The first-order valence-electron chi connectivity index (χ1n) is 12.3. The van der Waals surface area contributed by atoms with Gasteiger partial charge in [-0.25, -0.2) is 8.42 Å². The summed E-state index contributed by atoms with van der Waals surface area (Å²) in [5.74, 6) is -0.659. The van der Waals surface area contributed by atoms with E-state index in [1.807, 2.05) is 51.1 Å². The number of rotatable bonds is 11. The number of amides is 2. The van der Waals surface area contributed by atoms with E-state index in [4.69, 9.17) is 0 Å². The Kier molecular flexibility index (Phi) is 10.4. The van der Waals surface area contributed by atoms with Gasteiger partial charge >= 0.3 is 6.18 Å². The van der Waals surface area contributed by atoms with Gasteiger partial charge in [-0.15, -0.1) is 0 Å². The van der Waals surface area contributed by atoms with Crippen molar-refractivity contribution in [3.8, 4) is 0 Å². The van der Waals surface area contributed by atoms with Crippen LogP contribution < -0.4 is 9.62 Å². The quantitative estimate of drug-likeness (QED) is 0.424. The molecule has 210 valence electrons. The summed E-state index contributed by atoms with van der Waals surface area (Å²) >= 11 is 0. The molecule has 0 saturated heterocycles. The van der Waals surface area contributed by atoms with E-state index in [9.17, 15) is 31.2 Å². The number of hydrogen-bond acceptors (Lipinski definition) is 4. The Morgan fingerprint density at radius 2 is 1.63 bits per heavy atom. The minimum atomic E-state index is -4.63. The van der Waals surface area contributed by atoms with Crippen LogP contribution in [0.15, 0.2) is 54.6 Å². The third-order valence-electron chi connectivity index (χ3n) is 5.69. The Balaban J connectivity index is 2.25. The van der Waals surface area contributed by atoms with Crippen LogP contribution in [0.1, 0.15) is 58.1 Å². The molecule has 0 radical (unpaired) electrons. The van der Waals surface area contributed by atoms with Crippen LogP contribution >= 0.6 is 0 Å². The number of nitrogens with one attached hydrogen (secondary N) is 1. The fourth-order valence-electron chi connectivity index (χ4n) is 3.99. The van der Waals surface area contributed by atoms with Gasteiger partial charge in [0.25, 0.3) is 0 Å². The van der Waals surface area contributed by atoms with Crippen molar-refractivity contribution < 1.29 is 31.2 Å². The van der Waals surface area contributed by atoms with Crippen molar-refractivity contribution in [1.82, 2.24) is 10.2 Å². The zero-order valence-corrected chi connectivity index (χ0v) is 23.2. The van der Waals surface area contributed by atoms with Crippen LogP contribution in [0.2, 0.25) is 0 Å². The van der Waals surface area contributed by atoms with Gasteiger partial charge in [-0.3, -0.25) is 13.9 Å². The van der Waals surface area contributed by atoms with Crippen LogP contribution in [0, 0.1) is 0 Å². The van der Waals surface area contributed by atoms with Crippen LogP contribution in [0.5, 0.6) is 0 Å². The van der Waals surface area contributed by atoms with E-state index in [0.29, 0.717) is 6.42 Å². The molecule has 0 aliphatic carbocycles. The Morgan fingerprint density at radius 3 is 2.16 bits per heavy atom. The molecule has 0 bridgehead atoms. The number of hydrogen-bond donors (Lipinski definition) is 1. The second-order valence-corrected chi connectivity index (χ2v) is 12.1. The lowest BCUT2D eigenvalue weighted by atomic mass is 10.0. The maximum atomic E-state index is 13.4. The summed E-state index contributed by atoms with van der Waals surface area (Å²) < 4.78 is 65.2. The number of anilines is 1. The molecule has 1 atom stereocenters. The number of carbonyl (C=O) groups excluding carboxylic acids is 2. The molecule has 2 aromatic rings. The van der Waals surface area contributed by atoms with Gasteiger partial charge in [0, 0.05) is 25.0 Å². The van der Waals surface area contributed by atoms with Crippen LogP contribution in [0.25, 0.3) is 0 Å². The molecule has 0 fully saturated rings. The predicted octanol–water partition coefficient (Wildman–Crippen LogP) is 4.97. The van der Waals surface area contributed by atoms with Gasteiger partial charge < -0.3 is 10.2 Å². The van der Waals surface area contributed by atoms with Crippen LogP contribution in [-0.4, -0.2) is 49.5 Å². The normalized spacial score (nSPS) is 13.1. The van der Waals surface area contributed by atoms with Crippen molar-refractivity contribution in [1.29, 1.82) is 0 Å². The Bertz CT molecular complexity index is 1200. The summed E-state index contributed by atoms with van der Waals surface area (Å²) in [7, 11) is -3.92. The van der Waals surface area contributed by atoms with Crippen molar-refractivity contribution in [2.75, 3.05) is 17.1 Å². The lowest BCUT2D eigenvalue weighted by Gasteiger charge is -2.33. The van der Waals surface area contributed by atoms with Gasteiger partial charge in [0.1, 0.15) is 6.04 Å². The average Bonchev–Trinajstić information content (AvgIpc) is 2.79. The zero-order valence-electron chi connectivity index (χ0n) is 22.4. The largest absolute Gasteiger partial charge is 0.416 e. The van der Waals surface area contributed by atoms with Gasteiger partial charge in [0.15, 0.2) is 0 Å². The number of carbonyl (C=O) groups is 2. The van der Waals surface area contributed by atoms with E-state index in [1.165, 1.54) is 11.0 Å². The van der Waals surface area contributed by atoms with E-state index < -0.39 is 33.3 Å². The molecule has 2 amide bonds. The Morgan fingerprint density at radius 1 is 1.00 bits per heavy atom. The summed E-state index contributed by atoms with van der Waals surface area (Å²) in [6.45, 7) is 7.31. The third kappa shape index (κ3) is 9.34. The van der Waals surface area contributed by atoms with E-state index in [1.54, 1.807) is 6.92 Å². The highest BCUT2D eigenvalue weighted by Gasteiger charge is 2.32. The zero-order chi connectivity index (χ0) is 28.7. The monoisotopic (exact) mass is 555 g/mol. The lowest BCUT2D eigenvalue weighted by Crippen LogP contribution is -2.53. The second-order valence-electron chi connectivity index (χ2n) is 10.2. The van der Waals surface area contributed by atoms with Crippen LogP contribution in [-0.2, 0) is 32.3 Å². The van der Waals surface area contributed by atoms with Crippen LogP contribution in [0.4, 0.5) is 18.9 Å². The minimum Gasteiger partial charge on any atom is -0.350 e. The third-order valence-corrected chi connectivity index (χ3v) is 6.89. The molecular formula is C27H36F3N3O4S. The number of alkyl halides is 3. The van der Waals surface area contributed by atoms with Crippen molar-refractivity contribution in [3.05, 3.63) is 65.7 Å². The predicted molar refractivity (Wildman–Crippen MR) is 142 cm³/mol. The average molecular weight is 556 g/mol. The first-order chi connectivity index (χ1) is 17.5. The summed E-state index contributed by atoms with van der Waals surface area (Å²) in [5.41, 5.74) is -0.784. The van der Waals surface area contributed by atoms with Crippen molar-refractivity contribution >= 4 is 27.5 Å². The van der Waals surface area contributed by atoms with Gasteiger partial charge in [-0.2, -0.15) is 13.2 Å². The molecule has 0 heterocycles. The van der Waals surface area contributed by atoms with Crippen LogP contribution in [0.3, 0.4) is 0 Å². The molecule has 38 heavy (non-hydrogen) atoms. The fourth-order valence-corrected chi connectivity index (χ4v) is 4.95. The summed E-state index contributed by atoms with van der Waals surface area (Å²) in [5, 5.41) is 2.91. The molecule has 2 aromatic carbocycles. The number of sulfonamides is 1. The molecule has 0 spiro atoms. The maximum absolute atomic E-state index is 13.4. The topological polar surface area (TPSA) is 86.8 Å². The SMILES string of the molecule is CC[C@@H](C(=O)NC(C)(C)C)N(Cc1ccccc1)C(=O)CCCN(c1cccc(C(F)(F)F)c1)S(C)(=O)=O. The second kappa shape index (κ2) is 12.6.